The lowest BCUT2D eigenvalue weighted by Crippen LogP contribution is -2.52. The van der Waals surface area contributed by atoms with E-state index < -0.39 is 6.10 Å². The Balaban J connectivity index is 1.41. The molecule has 10 heteroatoms. The van der Waals surface area contributed by atoms with Crippen LogP contribution in [0.1, 0.15) is 19.5 Å². The Morgan fingerprint density at radius 3 is 2.42 bits per heavy atom. The molecule has 0 unspecified atom stereocenters. The zero-order valence-corrected chi connectivity index (χ0v) is 20.5. The van der Waals surface area contributed by atoms with Crippen molar-refractivity contribution in [2.45, 2.75) is 20.0 Å². The number of rotatable bonds is 5. The standard InChI is InChI=1S/C26H28N8O2/c1-17(2)25(35)26(36)33-8-6-32(7-9-33)23-5-4-18(13-28-23)22-10-19(20-14-30-31(3)16-20)11-24-29-15-21(12-27)34(22)24/h4-5,10-11,13-17,25,35H,6-9H2,1-3H3/t25-/m1/s1. The van der Waals surface area contributed by atoms with E-state index in [0.29, 0.717) is 37.5 Å². The summed E-state index contributed by atoms with van der Waals surface area (Å²) < 4.78 is 3.58. The number of amides is 1. The molecule has 5 heterocycles. The van der Waals surface area contributed by atoms with Gasteiger partial charge in [-0.1, -0.05) is 13.8 Å². The van der Waals surface area contributed by atoms with Crippen LogP contribution in [0.15, 0.2) is 49.1 Å². The van der Waals surface area contributed by atoms with Crippen LogP contribution >= 0.6 is 0 Å². The van der Waals surface area contributed by atoms with Crippen molar-refractivity contribution in [3.05, 3.63) is 54.7 Å². The first-order valence-corrected chi connectivity index (χ1v) is 11.9. The molecular formula is C26H28N8O2. The molecule has 1 saturated heterocycles. The average Bonchev–Trinajstić information content (AvgIpc) is 3.53. The summed E-state index contributed by atoms with van der Waals surface area (Å²) >= 11 is 0. The van der Waals surface area contributed by atoms with Gasteiger partial charge in [0.15, 0.2) is 0 Å². The van der Waals surface area contributed by atoms with Gasteiger partial charge in [-0.05, 0) is 35.7 Å². The number of carbonyl (C=O) groups is 1. The smallest absolute Gasteiger partial charge is 0.251 e. The molecule has 1 aliphatic heterocycles. The van der Waals surface area contributed by atoms with E-state index in [1.807, 2.05) is 55.8 Å². The van der Waals surface area contributed by atoms with Crippen LogP contribution in [0, 0.1) is 17.2 Å². The zero-order valence-electron chi connectivity index (χ0n) is 20.5. The number of anilines is 1. The number of pyridine rings is 2. The zero-order chi connectivity index (χ0) is 25.4. The molecule has 1 N–H and O–H groups in total. The molecule has 36 heavy (non-hydrogen) atoms. The van der Waals surface area contributed by atoms with Crippen molar-refractivity contribution < 1.29 is 9.90 Å². The Bertz CT molecular complexity index is 1440. The summed E-state index contributed by atoms with van der Waals surface area (Å²) in [4.78, 5) is 25.5. The van der Waals surface area contributed by atoms with Crippen molar-refractivity contribution in [3.8, 4) is 28.5 Å². The second kappa shape index (κ2) is 9.43. The van der Waals surface area contributed by atoms with Crippen LogP contribution in [-0.4, -0.2) is 72.3 Å². The summed E-state index contributed by atoms with van der Waals surface area (Å²) in [7, 11) is 1.87. The third-order valence-electron chi connectivity index (χ3n) is 6.60. The van der Waals surface area contributed by atoms with Gasteiger partial charge in [0, 0.05) is 56.7 Å². The van der Waals surface area contributed by atoms with Crippen molar-refractivity contribution in [1.82, 2.24) is 29.0 Å². The molecule has 1 amide bonds. The summed E-state index contributed by atoms with van der Waals surface area (Å²) in [6.45, 7) is 6.05. The highest BCUT2D eigenvalue weighted by atomic mass is 16.3. The van der Waals surface area contributed by atoms with Crippen LogP contribution < -0.4 is 4.90 Å². The van der Waals surface area contributed by atoms with Crippen LogP contribution in [0.2, 0.25) is 0 Å². The topological polar surface area (TPSA) is 116 Å². The molecule has 0 aromatic carbocycles. The van der Waals surface area contributed by atoms with E-state index in [1.54, 1.807) is 28.2 Å². The van der Waals surface area contributed by atoms with Crippen LogP contribution in [0.4, 0.5) is 5.82 Å². The minimum Gasteiger partial charge on any atom is -0.383 e. The predicted molar refractivity (Wildman–Crippen MR) is 135 cm³/mol. The van der Waals surface area contributed by atoms with E-state index in [0.717, 1.165) is 28.2 Å². The largest absolute Gasteiger partial charge is 0.383 e. The van der Waals surface area contributed by atoms with E-state index >= 15 is 0 Å². The number of imidazole rings is 1. The summed E-state index contributed by atoms with van der Waals surface area (Å²) in [5.74, 6) is 0.505. The van der Waals surface area contributed by atoms with Crippen LogP contribution in [0.25, 0.3) is 28.0 Å². The molecule has 0 aliphatic carbocycles. The highest BCUT2D eigenvalue weighted by molar-refractivity contribution is 5.81. The number of hydrogen-bond donors (Lipinski definition) is 1. The Morgan fingerprint density at radius 1 is 1.03 bits per heavy atom. The maximum atomic E-state index is 12.5. The van der Waals surface area contributed by atoms with Crippen molar-refractivity contribution in [1.29, 1.82) is 5.26 Å². The number of aliphatic hydroxyl groups is 1. The fourth-order valence-electron chi connectivity index (χ4n) is 4.49. The third kappa shape index (κ3) is 4.29. The quantitative estimate of drug-likeness (QED) is 0.462. The molecular weight excluding hydrogens is 456 g/mol. The Morgan fingerprint density at radius 2 is 1.81 bits per heavy atom. The number of aromatic nitrogens is 5. The number of nitriles is 1. The van der Waals surface area contributed by atoms with Gasteiger partial charge in [-0.15, -0.1) is 0 Å². The monoisotopic (exact) mass is 484 g/mol. The van der Waals surface area contributed by atoms with E-state index in [1.165, 1.54) is 0 Å². The molecule has 4 aromatic rings. The van der Waals surface area contributed by atoms with E-state index in [9.17, 15) is 15.2 Å². The fourth-order valence-corrected chi connectivity index (χ4v) is 4.49. The molecule has 184 valence electrons. The first kappa shape index (κ1) is 23.5. The molecule has 1 atom stereocenters. The Kier molecular flexibility index (Phi) is 6.16. The summed E-state index contributed by atoms with van der Waals surface area (Å²) in [6.07, 6.45) is 6.16. The highest BCUT2D eigenvalue weighted by Crippen LogP contribution is 2.30. The predicted octanol–water partition coefficient (Wildman–Crippen LogP) is 2.33. The summed E-state index contributed by atoms with van der Waals surface area (Å²) in [5, 5.41) is 24.0. The van der Waals surface area contributed by atoms with Gasteiger partial charge in [0.05, 0.1) is 18.1 Å². The molecule has 0 spiro atoms. The number of aryl methyl sites for hydroxylation is 1. The van der Waals surface area contributed by atoms with Crippen molar-refractivity contribution in [2.24, 2.45) is 13.0 Å². The summed E-state index contributed by atoms with van der Waals surface area (Å²) in [6, 6.07) is 10.1. The van der Waals surface area contributed by atoms with Gasteiger partial charge in [-0.25, -0.2) is 9.97 Å². The number of fused-ring (bicyclic) bond motifs is 1. The highest BCUT2D eigenvalue weighted by Gasteiger charge is 2.28. The minimum atomic E-state index is -0.963. The van der Waals surface area contributed by atoms with Gasteiger partial charge in [0.2, 0.25) is 0 Å². The second-order valence-corrected chi connectivity index (χ2v) is 9.39. The molecule has 0 bridgehead atoms. The molecule has 0 saturated carbocycles. The normalized spacial score (nSPS) is 14.9. The lowest BCUT2D eigenvalue weighted by Gasteiger charge is -2.36. The Hall–Kier alpha value is -4.23. The van der Waals surface area contributed by atoms with Crippen LogP contribution in [0.3, 0.4) is 0 Å². The number of piperazine rings is 1. The van der Waals surface area contributed by atoms with Gasteiger partial charge in [-0.2, -0.15) is 10.4 Å². The van der Waals surface area contributed by atoms with Crippen molar-refractivity contribution >= 4 is 17.4 Å². The van der Waals surface area contributed by atoms with Crippen molar-refractivity contribution in [3.63, 3.8) is 0 Å². The average molecular weight is 485 g/mol. The van der Waals surface area contributed by atoms with E-state index in [4.69, 9.17) is 4.98 Å². The van der Waals surface area contributed by atoms with Gasteiger partial charge >= 0.3 is 0 Å². The second-order valence-electron chi connectivity index (χ2n) is 9.39. The number of aliphatic hydroxyl groups excluding tert-OH is 1. The first-order chi connectivity index (χ1) is 17.4. The van der Waals surface area contributed by atoms with E-state index in [-0.39, 0.29) is 11.8 Å². The van der Waals surface area contributed by atoms with Gasteiger partial charge in [0.1, 0.15) is 29.3 Å². The molecule has 1 aliphatic rings. The molecule has 5 rings (SSSR count). The maximum Gasteiger partial charge on any atom is 0.251 e. The third-order valence-corrected chi connectivity index (χ3v) is 6.60. The van der Waals surface area contributed by atoms with Gasteiger partial charge in [0.25, 0.3) is 5.91 Å². The SMILES string of the molecule is CC(C)[C@@H](O)C(=O)N1CCN(c2ccc(-c3cc(-c4cnn(C)c4)cc4ncc(C#N)n34)cn2)CC1. The molecule has 0 radical (unpaired) electrons. The number of carbonyl (C=O) groups excluding carboxylic acids is 1. The maximum absolute atomic E-state index is 12.5. The summed E-state index contributed by atoms with van der Waals surface area (Å²) in [5.41, 5.74) is 4.72. The number of hydrogen-bond acceptors (Lipinski definition) is 7. The van der Waals surface area contributed by atoms with Gasteiger partial charge < -0.3 is 14.9 Å². The van der Waals surface area contributed by atoms with Crippen molar-refractivity contribution in [2.75, 3.05) is 31.1 Å². The van der Waals surface area contributed by atoms with E-state index in [2.05, 4.69) is 21.1 Å². The first-order valence-electron chi connectivity index (χ1n) is 11.9. The van der Waals surface area contributed by atoms with Gasteiger partial charge in [-0.3, -0.25) is 13.9 Å². The molecule has 1 fully saturated rings. The fraction of sp³-hybridized carbons (Fsp3) is 0.346. The molecule has 4 aromatic heterocycles. The van der Waals surface area contributed by atoms with Crippen LogP contribution in [0.5, 0.6) is 0 Å². The lowest BCUT2D eigenvalue weighted by molar-refractivity contribution is -0.142. The molecule has 10 nitrogen and oxygen atoms in total. The number of nitrogens with zero attached hydrogens (tertiary/aromatic N) is 8. The Labute approximate surface area is 209 Å². The minimum absolute atomic E-state index is 0.107. The lowest BCUT2D eigenvalue weighted by atomic mass is 10.1. The van der Waals surface area contributed by atoms with Crippen LogP contribution in [-0.2, 0) is 11.8 Å².